The number of nitrogens with one attached hydrogen (secondary N) is 2. The van der Waals surface area contributed by atoms with Gasteiger partial charge in [0.25, 0.3) is 0 Å². The minimum Gasteiger partial charge on any atom is -0.444 e. The molecule has 2 atom stereocenters. The standard InChI is InChI=1S/C14H29N3O2/c1-11(16-13(18)19-14(2,3)4)6-8-15-12-7-9-17(5)10-12/h11-12,15H,6-10H2,1-5H3,(H,16,18). The smallest absolute Gasteiger partial charge is 0.407 e. The first-order valence-electron chi connectivity index (χ1n) is 7.18. The van der Waals surface area contributed by atoms with Crippen LogP contribution in [0.15, 0.2) is 0 Å². The maximum Gasteiger partial charge on any atom is 0.407 e. The van der Waals surface area contributed by atoms with E-state index in [1.54, 1.807) is 0 Å². The van der Waals surface area contributed by atoms with Gasteiger partial charge in [-0.15, -0.1) is 0 Å². The monoisotopic (exact) mass is 271 g/mol. The Morgan fingerprint density at radius 1 is 1.47 bits per heavy atom. The molecule has 0 radical (unpaired) electrons. The Bertz CT molecular complexity index is 289. The molecule has 1 rings (SSSR count). The Hall–Kier alpha value is -0.810. The van der Waals surface area contributed by atoms with Gasteiger partial charge in [-0.05, 0) is 60.7 Å². The largest absolute Gasteiger partial charge is 0.444 e. The third-order valence-corrected chi connectivity index (χ3v) is 3.16. The molecule has 0 aromatic heterocycles. The number of alkyl carbamates (subject to hydrolysis) is 1. The number of hydrogen-bond acceptors (Lipinski definition) is 4. The number of rotatable bonds is 5. The summed E-state index contributed by atoms with van der Waals surface area (Å²) in [5, 5.41) is 6.39. The number of amides is 1. The number of nitrogens with zero attached hydrogens (tertiary/aromatic N) is 1. The van der Waals surface area contributed by atoms with Crippen LogP contribution in [-0.2, 0) is 4.74 Å². The zero-order chi connectivity index (χ0) is 14.5. The van der Waals surface area contributed by atoms with Crippen LogP contribution in [0.5, 0.6) is 0 Å². The van der Waals surface area contributed by atoms with Crippen LogP contribution >= 0.6 is 0 Å². The van der Waals surface area contributed by atoms with Crippen molar-refractivity contribution < 1.29 is 9.53 Å². The second-order valence-corrected chi connectivity index (χ2v) is 6.54. The number of likely N-dealkylation sites (tertiary alicyclic amines) is 1. The lowest BCUT2D eigenvalue weighted by Gasteiger charge is -2.22. The summed E-state index contributed by atoms with van der Waals surface area (Å²) in [6, 6.07) is 0.722. The van der Waals surface area contributed by atoms with E-state index in [2.05, 4.69) is 22.6 Å². The van der Waals surface area contributed by atoms with Crippen LogP contribution < -0.4 is 10.6 Å². The van der Waals surface area contributed by atoms with Crippen molar-refractivity contribution in [3.8, 4) is 0 Å². The summed E-state index contributed by atoms with van der Waals surface area (Å²) in [6.45, 7) is 10.8. The van der Waals surface area contributed by atoms with E-state index >= 15 is 0 Å². The molecule has 1 amide bonds. The van der Waals surface area contributed by atoms with Gasteiger partial charge in [-0.25, -0.2) is 4.79 Å². The second-order valence-electron chi connectivity index (χ2n) is 6.54. The zero-order valence-electron chi connectivity index (χ0n) is 13.0. The number of ether oxygens (including phenoxy) is 1. The normalized spacial score (nSPS) is 22.3. The minimum absolute atomic E-state index is 0.126. The highest BCUT2D eigenvalue weighted by Crippen LogP contribution is 2.08. The Morgan fingerprint density at radius 2 is 2.16 bits per heavy atom. The fraction of sp³-hybridized carbons (Fsp3) is 0.929. The Morgan fingerprint density at radius 3 is 2.68 bits per heavy atom. The number of hydrogen-bond donors (Lipinski definition) is 2. The molecule has 5 heteroatoms. The van der Waals surface area contributed by atoms with Crippen molar-refractivity contribution in [2.45, 2.75) is 58.2 Å². The summed E-state index contributed by atoms with van der Waals surface area (Å²) >= 11 is 0. The van der Waals surface area contributed by atoms with Crippen molar-refractivity contribution in [2.75, 3.05) is 26.7 Å². The summed E-state index contributed by atoms with van der Waals surface area (Å²) in [6.07, 6.45) is 1.80. The van der Waals surface area contributed by atoms with E-state index in [1.165, 1.54) is 13.0 Å². The molecular formula is C14H29N3O2. The van der Waals surface area contributed by atoms with Crippen LogP contribution in [-0.4, -0.2) is 55.4 Å². The number of likely N-dealkylation sites (N-methyl/N-ethyl adjacent to an activating group) is 1. The highest BCUT2D eigenvalue weighted by Gasteiger charge is 2.20. The lowest BCUT2D eigenvalue weighted by molar-refractivity contribution is 0.0506. The molecule has 112 valence electrons. The maximum absolute atomic E-state index is 11.6. The first-order valence-corrected chi connectivity index (χ1v) is 7.18. The summed E-state index contributed by atoms with van der Waals surface area (Å²) in [5.41, 5.74) is -0.434. The molecule has 1 heterocycles. The van der Waals surface area contributed by atoms with E-state index in [0.717, 1.165) is 19.5 Å². The molecule has 0 aromatic rings. The topological polar surface area (TPSA) is 53.6 Å². The Balaban J connectivity index is 2.10. The van der Waals surface area contributed by atoms with Gasteiger partial charge >= 0.3 is 6.09 Å². The molecule has 1 fully saturated rings. The fourth-order valence-corrected chi connectivity index (χ4v) is 2.19. The summed E-state index contributed by atoms with van der Waals surface area (Å²) in [5.74, 6) is 0. The van der Waals surface area contributed by atoms with E-state index in [-0.39, 0.29) is 12.1 Å². The van der Waals surface area contributed by atoms with Crippen molar-refractivity contribution in [3.05, 3.63) is 0 Å². The first-order chi connectivity index (χ1) is 8.76. The molecule has 0 aromatic carbocycles. The van der Waals surface area contributed by atoms with Gasteiger partial charge in [-0.3, -0.25) is 0 Å². The van der Waals surface area contributed by atoms with Crippen molar-refractivity contribution in [1.29, 1.82) is 0 Å². The average molecular weight is 271 g/mol. The zero-order valence-corrected chi connectivity index (χ0v) is 13.0. The van der Waals surface area contributed by atoms with E-state index in [1.807, 2.05) is 27.7 Å². The summed E-state index contributed by atoms with van der Waals surface area (Å²) in [7, 11) is 2.15. The molecule has 1 aliphatic heterocycles. The SMILES string of the molecule is CC(CCNC1CCN(C)C1)NC(=O)OC(C)(C)C. The predicted molar refractivity (Wildman–Crippen MR) is 77.4 cm³/mol. The second kappa shape index (κ2) is 7.10. The van der Waals surface area contributed by atoms with E-state index in [9.17, 15) is 4.79 Å². The third kappa shape index (κ3) is 7.38. The minimum atomic E-state index is -0.434. The van der Waals surface area contributed by atoms with Crippen molar-refractivity contribution in [3.63, 3.8) is 0 Å². The van der Waals surface area contributed by atoms with Gasteiger partial charge in [0.15, 0.2) is 0 Å². The lowest BCUT2D eigenvalue weighted by Crippen LogP contribution is -2.40. The molecule has 2 unspecified atom stereocenters. The molecule has 0 saturated carbocycles. The molecule has 0 aliphatic carbocycles. The van der Waals surface area contributed by atoms with Crippen LogP contribution in [0.3, 0.4) is 0 Å². The molecule has 1 aliphatic rings. The summed E-state index contributed by atoms with van der Waals surface area (Å²) < 4.78 is 5.23. The van der Waals surface area contributed by atoms with Gasteiger partial charge in [0, 0.05) is 18.6 Å². The predicted octanol–water partition coefficient (Wildman–Crippen LogP) is 1.58. The molecule has 0 bridgehead atoms. The summed E-state index contributed by atoms with van der Waals surface area (Å²) in [4.78, 5) is 13.9. The number of carbonyl (C=O) groups is 1. The van der Waals surface area contributed by atoms with E-state index < -0.39 is 5.60 Å². The van der Waals surface area contributed by atoms with Crippen LogP contribution in [0.2, 0.25) is 0 Å². The highest BCUT2D eigenvalue weighted by atomic mass is 16.6. The molecule has 0 spiro atoms. The maximum atomic E-state index is 11.6. The van der Waals surface area contributed by atoms with Gasteiger partial charge in [-0.2, -0.15) is 0 Å². The van der Waals surface area contributed by atoms with E-state index in [0.29, 0.717) is 6.04 Å². The van der Waals surface area contributed by atoms with Gasteiger partial charge in [0.1, 0.15) is 5.60 Å². The van der Waals surface area contributed by atoms with E-state index in [4.69, 9.17) is 4.74 Å². The Labute approximate surface area is 117 Å². The van der Waals surface area contributed by atoms with Crippen molar-refractivity contribution >= 4 is 6.09 Å². The third-order valence-electron chi connectivity index (χ3n) is 3.16. The van der Waals surface area contributed by atoms with Crippen LogP contribution in [0, 0.1) is 0 Å². The molecular weight excluding hydrogens is 242 g/mol. The molecule has 2 N–H and O–H groups in total. The Kier molecular flexibility index (Phi) is 6.07. The number of carbonyl (C=O) groups excluding carboxylic acids is 1. The van der Waals surface area contributed by atoms with Crippen LogP contribution in [0.25, 0.3) is 0 Å². The highest BCUT2D eigenvalue weighted by molar-refractivity contribution is 5.67. The van der Waals surface area contributed by atoms with Gasteiger partial charge in [-0.1, -0.05) is 0 Å². The molecule has 19 heavy (non-hydrogen) atoms. The van der Waals surface area contributed by atoms with Gasteiger partial charge < -0.3 is 20.3 Å². The average Bonchev–Trinajstić information content (AvgIpc) is 2.60. The van der Waals surface area contributed by atoms with Crippen molar-refractivity contribution in [2.24, 2.45) is 0 Å². The fourth-order valence-electron chi connectivity index (χ4n) is 2.19. The molecule has 5 nitrogen and oxygen atoms in total. The van der Waals surface area contributed by atoms with Crippen molar-refractivity contribution in [1.82, 2.24) is 15.5 Å². The first kappa shape index (κ1) is 16.2. The molecule has 1 saturated heterocycles. The lowest BCUT2D eigenvalue weighted by atomic mass is 10.2. The van der Waals surface area contributed by atoms with Crippen LogP contribution in [0.4, 0.5) is 4.79 Å². The van der Waals surface area contributed by atoms with Gasteiger partial charge in [0.05, 0.1) is 0 Å². The quantitative estimate of drug-likeness (QED) is 0.797. The van der Waals surface area contributed by atoms with Gasteiger partial charge in [0.2, 0.25) is 0 Å². The van der Waals surface area contributed by atoms with Crippen LogP contribution in [0.1, 0.15) is 40.5 Å².